The summed E-state index contributed by atoms with van der Waals surface area (Å²) in [5, 5.41) is 11.1. The van der Waals surface area contributed by atoms with Crippen LogP contribution in [-0.4, -0.2) is 18.0 Å². The SMILES string of the molecule is COc1cc(CO)cc(I)c1C(=O)/C=C/c1cccs1. The second-order valence-corrected chi connectivity index (χ2v) is 6.17. The van der Waals surface area contributed by atoms with E-state index in [0.717, 1.165) is 14.0 Å². The second kappa shape index (κ2) is 7.01. The van der Waals surface area contributed by atoms with Crippen molar-refractivity contribution < 1.29 is 14.6 Å². The number of allylic oxidation sites excluding steroid dienone is 1. The number of hydrogen-bond acceptors (Lipinski definition) is 4. The molecule has 1 heterocycles. The molecule has 1 aromatic heterocycles. The van der Waals surface area contributed by atoms with Crippen LogP contribution in [0.2, 0.25) is 0 Å². The van der Waals surface area contributed by atoms with Gasteiger partial charge in [-0.15, -0.1) is 11.3 Å². The molecule has 2 rings (SSSR count). The molecule has 0 amide bonds. The summed E-state index contributed by atoms with van der Waals surface area (Å²) in [7, 11) is 1.52. The number of ether oxygens (including phenoxy) is 1. The lowest BCUT2D eigenvalue weighted by atomic mass is 10.1. The van der Waals surface area contributed by atoms with Crippen molar-refractivity contribution >= 4 is 45.8 Å². The van der Waals surface area contributed by atoms with Crippen molar-refractivity contribution in [2.45, 2.75) is 6.61 Å². The lowest BCUT2D eigenvalue weighted by Crippen LogP contribution is -2.03. The number of benzene rings is 1. The van der Waals surface area contributed by atoms with E-state index < -0.39 is 0 Å². The maximum absolute atomic E-state index is 12.3. The molecule has 0 spiro atoms. The van der Waals surface area contributed by atoms with Gasteiger partial charge in [0.25, 0.3) is 0 Å². The molecule has 0 aliphatic carbocycles. The first-order chi connectivity index (χ1) is 9.65. The lowest BCUT2D eigenvalue weighted by molar-refractivity contribution is 0.104. The quantitative estimate of drug-likeness (QED) is 0.473. The minimum absolute atomic E-state index is 0.0775. The maximum atomic E-state index is 12.3. The monoisotopic (exact) mass is 400 g/mol. The van der Waals surface area contributed by atoms with Gasteiger partial charge in [-0.2, -0.15) is 0 Å². The van der Waals surface area contributed by atoms with Crippen molar-refractivity contribution in [2.24, 2.45) is 0 Å². The molecule has 0 aliphatic rings. The topological polar surface area (TPSA) is 46.5 Å². The van der Waals surface area contributed by atoms with Gasteiger partial charge in [0.1, 0.15) is 5.75 Å². The largest absolute Gasteiger partial charge is 0.496 e. The summed E-state index contributed by atoms with van der Waals surface area (Å²) in [6.07, 6.45) is 3.34. The molecule has 0 atom stereocenters. The Morgan fingerprint density at radius 1 is 1.50 bits per heavy atom. The van der Waals surface area contributed by atoms with E-state index in [-0.39, 0.29) is 12.4 Å². The molecule has 0 saturated carbocycles. The van der Waals surface area contributed by atoms with E-state index in [1.54, 1.807) is 35.6 Å². The van der Waals surface area contributed by atoms with Crippen LogP contribution in [0.15, 0.2) is 35.7 Å². The third kappa shape index (κ3) is 3.47. The molecule has 0 fully saturated rings. The summed E-state index contributed by atoms with van der Waals surface area (Å²) in [5.74, 6) is 0.380. The molecule has 0 unspecified atom stereocenters. The summed E-state index contributed by atoms with van der Waals surface area (Å²) in [4.78, 5) is 13.3. The Morgan fingerprint density at radius 3 is 2.90 bits per heavy atom. The number of halogens is 1. The smallest absolute Gasteiger partial charge is 0.190 e. The Hall–Kier alpha value is -1.18. The average Bonchev–Trinajstić information content (AvgIpc) is 2.97. The predicted octanol–water partition coefficient (Wildman–Crippen LogP) is 3.75. The molecule has 2 aromatic rings. The highest BCUT2D eigenvalue weighted by atomic mass is 127. The van der Waals surface area contributed by atoms with E-state index in [4.69, 9.17) is 4.74 Å². The molecular formula is C15H13IO3S. The zero-order chi connectivity index (χ0) is 14.5. The van der Waals surface area contributed by atoms with E-state index in [2.05, 4.69) is 22.6 Å². The third-order valence-electron chi connectivity index (χ3n) is 2.70. The number of aliphatic hydroxyl groups excluding tert-OH is 1. The van der Waals surface area contributed by atoms with Crippen LogP contribution in [0.1, 0.15) is 20.8 Å². The Morgan fingerprint density at radius 2 is 2.30 bits per heavy atom. The summed E-state index contributed by atoms with van der Waals surface area (Å²) in [5.41, 5.74) is 1.25. The van der Waals surface area contributed by atoms with Gasteiger partial charge in [0.2, 0.25) is 0 Å². The molecule has 20 heavy (non-hydrogen) atoms. The fourth-order valence-electron chi connectivity index (χ4n) is 1.75. The van der Waals surface area contributed by atoms with Crippen molar-refractivity contribution in [1.82, 2.24) is 0 Å². The summed E-state index contributed by atoms with van der Waals surface area (Å²) >= 11 is 3.66. The number of rotatable bonds is 5. The highest BCUT2D eigenvalue weighted by Crippen LogP contribution is 2.27. The Bertz CT molecular complexity index is 633. The zero-order valence-corrected chi connectivity index (χ0v) is 13.8. The van der Waals surface area contributed by atoms with E-state index in [1.807, 2.05) is 17.5 Å². The molecule has 0 bridgehead atoms. The number of carbonyl (C=O) groups is 1. The van der Waals surface area contributed by atoms with Crippen LogP contribution >= 0.6 is 33.9 Å². The molecule has 0 radical (unpaired) electrons. The van der Waals surface area contributed by atoms with Crippen LogP contribution in [0.3, 0.4) is 0 Å². The van der Waals surface area contributed by atoms with Gasteiger partial charge in [0.05, 0.1) is 19.3 Å². The normalized spacial score (nSPS) is 10.9. The highest BCUT2D eigenvalue weighted by Gasteiger charge is 2.15. The Kier molecular flexibility index (Phi) is 5.33. The minimum atomic E-state index is -0.107. The third-order valence-corrected chi connectivity index (χ3v) is 4.39. The van der Waals surface area contributed by atoms with Crippen molar-refractivity contribution in [3.05, 3.63) is 55.3 Å². The molecule has 0 aliphatic heterocycles. The molecule has 1 N–H and O–H groups in total. The second-order valence-electron chi connectivity index (χ2n) is 4.03. The highest BCUT2D eigenvalue weighted by molar-refractivity contribution is 14.1. The van der Waals surface area contributed by atoms with Crippen LogP contribution in [0.25, 0.3) is 6.08 Å². The number of methoxy groups -OCH3 is 1. The lowest BCUT2D eigenvalue weighted by Gasteiger charge is -2.10. The zero-order valence-electron chi connectivity index (χ0n) is 10.8. The maximum Gasteiger partial charge on any atom is 0.190 e. The number of hydrogen-bond donors (Lipinski definition) is 1. The van der Waals surface area contributed by atoms with Gasteiger partial charge < -0.3 is 9.84 Å². The van der Waals surface area contributed by atoms with Crippen LogP contribution < -0.4 is 4.74 Å². The van der Waals surface area contributed by atoms with Crippen molar-refractivity contribution in [2.75, 3.05) is 7.11 Å². The van der Waals surface area contributed by atoms with Gasteiger partial charge in [-0.1, -0.05) is 6.07 Å². The minimum Gasteiger partial charge on any atom is -0.496 e. The van der Waals surface area contributed by atoms with E-state index >= 15 is 0 Å². The first-order valence-electron chi connectivity index (χ1n) is 5.89. The van der Waals surface area contributed by atoms with Gasteiger partial charge >= 0.3 is 0 Å². The first kappa shape index (κ1) is 15.2. The summed E-state index contributed by atoms with van der Waals surface area (Å²) in [6.45, 7) is -0.0775. The Labute approximate surface area is 135 Å². The van der Waals surface area contributed by atoms with Gasteiger partial charge in [-0.25, -0.2) is 0 Å². The van der Waals surface area contributed by atoms with Gasteiger partial charge in [-0.3, -0.25) is 4.79 Å². The van der Waals surface area contributed by atoms with Crippen LogP contribution in [0.5, 0.6) is 5.75 Å². The van der Waals surface area contributed by atoms with E-state index in [9.17, 15) is 9.90 Å². The number of aliphatic hydroxyl groups is 1. The molecule has 0 saturated heterocycles. The predicted molar refractivity (Wildman–Crippen MR) is 89.3 cm³/mol. The fraction of sp³-hybridized carbons (Fsp3) is 0.133. The number of thiophene rings is 1. The summed E-state index contributed by atoms with van der Waals surface area (Å²) in [6, 6.07) is 7.37. The van der Waals surface area contributed by atoms with Crippen LogP contribution in [-0.2, 0) is 6.61 Å². The molecule has 5 heteroatoms. The molecule has 1 aromatic carbocycles. The van der Waals surface area contributed by atoms with Crippen LogP contribution in [0, 0.1) is 3.57 Å². The van der Waals surface area contributed by atoms with Crippen LogP contribution in [0.4, 0.5) is 0 Å². The Balaban J connectivity index is 2.34. The number of ketones is 1. The molecule has 104 valence electrons. The standard InChI is InChI=1S/C15H13IO3S/c1-19-14-8-10(9-17)7-12(16)15(14)13(18)5-4-11-3-2-6-20-11/h2-8,17H,9H2,1H3/b5-4+. The van der Waals surface area contributed by atoms with Gasteiger partial charge in [0, 0.05) is 8.45 Å². The summed E-state index contributed by atoms with van der Waals surface area (Å²) < 4.78 is 6.03. The molecule has 3 nitrogen and oxygen atoms in total. The van der Waals surface area contributed by atoms with E-state index in [0.29, 0.717) is 11.3 Å². The van der Waals surface area contributed by atoms with E-state index in [1.165, 1.54) is 7.11 Å². The van der Waals surface area contributed by atoms with Crippen molar-refractivity contribution in [1.29, 1.82) is 0 Å². The van der Waals surface area contributed by atoms with Gasteiger partial charge in [-0.05, 0) is 63.9 Å². The fourth-order valence-corrected chi connectivity index (χ4v) is 3.30. The molecular weight excluding hydrogens is 387 g/mol. The first-order valence-corrected chi connectivity index (χ1v) is 7.84. The van der Waals surface area contributed by atoms with Gasteiger partial charge in [0.15, 0.2) is 5.78 Å². The van der Waals surface area contributed by atoms with Crippen molar-refractivity contribution in [3.63, 3.8) is 0 Å². The van der Waals surface area contributed by atoms with Crippen molar-refractivity contribution in [3.8, 4) is 5.75 Å². The number of carbonyl (C=O) groups excluding carboxylic acids is 1. The average molecular weight is 400 g/mol.